The number of benzene rings is 1. The van der Waals surface area contributed by atoms with Gasteiger partial charge in [0.25, 0.3) is 6.47 Å². The third-order valence-electron chi connectivity index (χ3n) is 2.80. The summed E-state index contributed by atoms with van der Waals surface area (Å²) in [6, 6.07) is 5.52. The second kappa shape index (κ2) is 11.7. The first-order valence-electron chi connectivity index (χ1n) is 7.75. The first-order chi connectivity index (χ1) is 12.1. The molecule has 0 radical (unpaired) electrons. The van der Waals surface area contributed by atoms with Crippen molar-refractivity contribution < 1.29 is 18.8 Å². The first kappa shape index (κ1) is 23.2. The smallest absolute Gasteiger partial charge is 0.302 e. The molecule has 0 aliphatic rings. The number of hydrogen-bond acceptors (Lipinski definition) is 7. The predicted octanol–water partition coefficient (Wildman–Crippen LogP) is 2.19. The zero-order valence-electron chi connectivity index (χ0n) is 15.3. The number of carbonyl (C=O) groups excluding carboxylic acids is 1. The van der Waals surface area contributed by atoms with Gasteiger partial charge < -0.3 is 15.8 Å². The number of likely N-dealkylation sites (N-methyl/N-ethyl adjacent to an activating group) is 1. The standard InChI is InChI=1S/C12H15FN4O2.C5H10O2/c1-15-8-12(9-3-2-4-10(13)5-9)16-7-11(6-14)17(18)19;1-5(2,3)7-4-6/h2-7,12,15H,8,14H2,1H3;4H,1-3H3/b11-6+,16-7?;. The molecular weight excluding hydrogens is 343 g/mol. The second-order valence-corrected chi connectivity index (χ2v) is 6.08. The lowest BCUT2D eigenvalue weighted by Gasteiger charge is -2.14. The fourth-order valence-electron chi connectivity index (χ4n) is 1.63. The Balaban J connectivity index is 0.000000758. The van der Waals surface area contributed by atoms with Gasteiger partial charge in [-0.05, 0) is 45.5 Å². The van der Waals surface area contributed by atoms with Crippen LogP contribution in [0.4, 0.5) is 4.39 Å². The lowest BCUT2D eigenvalue weighted by molar-refractivity contribution is -0.414. The Morgan fingerprint density at radius 3 is 2.54 bits per heavy atom. The molecule has 9 heteroatoms. The van der Waals surface area contributed by atoms with Gasteiger partial charge in [-0.1, -0.05) is 12.1 Å². The Kier molecular flexibility index (Phi) is 10.4. The van der Waals surface area contributed by atoms with E-state index in [-0.39, 0.29) is 17.1 Å². The number of carbonyl (C=O) groups is 1. The molecule has 26 heavy (non-hydrogen) atoms. The highest BCUT2D eigenvalue weighted by Gasteiger charge is 2.12. The summed E-state index contributed by atoms with van der Waals surface area (Å²) in [4.78, 5) is 23.6. The van der Waals surface area contributed by atoms with Crippen LogP contribution in [0.2, 0.25) is 0 Å². The average molecular weight is 368 g/mol. The van der Waals surface area contributed by atoms with E-state index in [4.69, 9.17) is 5.73 Å². The maximum atomic E-state index is 13.1. The van der Waals surface area contributed by atoms with Gasteiger partial charge in [0.2, 0.25) is 0 Å². The molecule has 0 aliphatic heterocycles. The summed E-state index contributed by atoms with van der Waals surface area (Å²) in [6.45, 7) is 6.35. The van der Waals surface area contributed by atoms with Gasteiger partial charge in [-0.3, -0.25) is 19.9 Å². The molecule has 1 aromatic rings. The van der Waals surface area contributed by atoms with Gasteiger partial charge >= 0.3 is 5.70 Å². The molecule has 8 nitrogen and oxygen atoms in total. The Hall–Kier alpha value is -2.81. The van der Waals surface area contributed by atoms with Crippen molar-refractivity contribution in [1.29, 1.82) is 0 Å². The van der Waals surface area contributed by atoms with Crippen LogP contribution in [0.25, 0.3) is 0 Å². The minimum Gasteiger partial charge on any atom is -0.462 e. The molecule has 0 spiro atoms. The van der Waals surface area contributed by atoms with Crippen LogP contribution < -0.4 is 11.1 Å². The third kappa shape index (κ3) is 10.1. The van der Waals surface area contributed by atoms with Gasteiger partial charge in [-0.15, -0.1) is 0 Å². The Labute approximate surface area is 152 Å². The third-order valence-corrected chi connectivity index (χ3v) is 2.80. The van der Waals surface area contributed by atoms with Crippen LogP contribution in [0.1, 0.15) is 32.4 Å². The molecule has 0 saturated carbocycles. The monoisotopic (exact) mass is 368 g/mol. The van der Waals surface area contributed by atoms with E-state index in [1.165, 1.54) is 12.1 Å². The fourth-order valence-corrected chi connectivity index (χ4v) is 1.63. The van der Waals surface area contributed by atoms with Crippen molar-refractivity contribution in [3.63, 3.8) is 0 Å². The van der Waals surface area contributed by atoms with E-state index in [0.29, 0.717) is 18.6 Å². The molecule has 144 valence electrons. The van der Waals surface area contributed by atoms with E-state index in [2.05, 4.69) is 15.0 Å². The van der Waals surface area contributed by atoms with Crippen molar-refractivity contribution in [3.8, 4) is 0 Å². The Bertz CT molecular complexity index is 642. The molecule has 3 N–H and O–H groups in total. The Morgan fingerprint density at radius 2 is 2.15 bits per heavy atom. The highest BCUT2D eigenvalue weighted by molar-refractivity contribution is 5.75. The topological polar surface area (TPSA) is 120 Å². The van der Waals surface area contributed by atoms with Crippen molar-refractivity contribution in [3.05, 3.63) is 57.7 Å². The largest absolute Gasteiger partial charge is 0.462 e. The minimum absolute atomic E-state index is 0.308. The van der Waals surface area contributed by atoms with Crippen LogP contribution in [-0.4, -0.2) is 36.8 Å². The van der Waals surface area contributed by atoms with Crippen molar-refractivity contribution in [2.75, 3.05) is 13.6 Å². The highest BCUT2D eigenvalue weighted by Crippen LogP contribution is 2.17. The van der Waals surface area contributed by atoms with E-state index < -0.39 is 11.0 Å². The van der Waals surface area contributed by atoms with Crippen LogP contribution in [0, 0.1) is 15.9 Å². The summed E-state index contributed by atoms with van der Waals surface area (Å²) in [7, 11) is 1.72. The summed E-state index contributed by atoms with van der Waals surface area (Å²) in [6.07, 6.45) is 1.94. The highest BCUT2D eigenvalue weighted by atomic mass is 19.1. The Morgan fingerprint density at radius 1 is 1.50 bits per heavy atom. The number of nitrogens with two attached hydrogens (primary N) is 1. The maximum Gasteiger partial charge on any atom is 0.302 e. The number of hydrogen-bond donors (Lipinski definition) is 2. The number of aliphatic imine (C=N–C) groups is 1. The second-order valence-electron chi connectivity index (χ2n) is 6.08. The molecule has 0 amide bonds. The van der Waals surface area contributed by atoms with E-state index in [0.717, 1.165) is 12.4 Å². The summed E-state index contributed by atoms with van der Waals surface area (Å²) in [5.74, 6) is -0.377. The van der Waals surface area contributed by atoms with E-state index >= 15 is 0 Å². The van der Waals surface area contributed by atoms with Gasteiger partial charge in [0.1, 0.15) is 17.6 Å². The number of rotatable bonds is 7. The summed E-state index contributed by atoms with van der Waals surface area (Å²) in [5, 5.41) is 13.5. The van der Waals surface area contributed by atoms with Crippen LogP contribution in [-0.2, 0) is 9.53 Å². The van der Waals surface area contributed by atoms with Gasteiger partial charge in [0.05, 0.1) is 17.2 Å². The summed E-state index contributed by atoms with van der Waals surface area (Å²) in [5.41, 5.74) is 5.13. The summed E-state index contributed by atoms with van der Waals surface area (Å²) < 4.78 is 17.7. The molecule has 0 bridgehead atoms. The molecule has 1 atom stereocenters. The molecule has 0 aliphatic carbocycles. The van der Waals surface area contributed by atoms with Gasteiger partial charge in [-0.2, -0.15) is 0 Å². The van der Waals surface area contributed by atoms with E-state index in [1.54, 1.807) is 19.2 Å². The van der Waals surface area contributed by atoms with Crippen molar-refractivity contribution in [2.45, 2.75) is 32.4 Å². The summed E-state index contributed by atoms with van der Waals surface area (Å²) >= 11 is 0. The quantitative estimate of drug-likeness (QED) is 0.329. The molecule has 0 fully saturated rings. The van der Waals surface area contributed by atoms with Gasteiger partial charge in [0.15, 0.2) is 0 Å². The van der Waals surface area contributed by atoms with Crippen LogP contribution in [0.5, 0.6) is 0 Å². The predicted molar refractivity (Wildman–Crippen MR) is 97.7 cm³/mol. The van der Waals surface area contributed by atoms with E-state index in [9.17, 15) is 19.3 Å². The SMILES string of the molecule is CC(C)(C)OC=O.CNCC(N=C/C(=C\N)[N+](=O)[O-])c1cccc(F)c1. The van der Waals surface area contributed by atoms with E-state index in [1.807, 2.05) is 20.8 Å². The van der Waals surface area contributed by atoms with Crippen LogP contribution in [0.3, 0.4) is 0 Å². The molecular formula is C17H25FN4O4. The first-order valence-corrected chi connectivity index (χ1v) is 7.75. The lowest BCUT2D eigenvalue weighted by Crippen LogP contribution is -2.17. The molecule has 0 heterocycles. The maximum absolute atomic E-state index is 13.1. The number of allylic oxidation sites excluding steroid dienone is 1. The average Bonchev–Trinajstić information content (AvgIpc) is 2.53. The number of nitro groups is 1. The van der Waals surface area contributed by atoms with Crippen molar-refractivity contribution >= 4 is 12.7 Å². The zero-order valence-corrected chi connectivity index (χ0v) is 15.3. The number of nitrogens with zero attached hydrogens (tertiary/aromatic N) is 2. The fraction of sp³-hybridized carbons (Fsp3) is 0.412. The van der Waals surface area contributed by atoms with Crippen LogP contribution >= 0.6 is 0 Å². The molecule has 1 aromatic carbocycles. The lowest BCUT2D eigenvalue weighted by atomic mass is 10.1. The zero-order chi connectivity index (χ0) is 20.2. The number of halogens is 1. The van der Waals surface area contributed by atoms with Crippen molar-refractivity contribution in [2.24, 2.45) is 10.7 Å². The normalized spacial score (nSPS) is 12.9. The number of ether oxygens (including phenoxy) is 1. The molecule has 1 rings (SSSR count). The van der Waals surface area contributed by atoms with Gasteiger partial charge in [-0.25, -0.2) is 4.39 Å². The molecule has 0 saturated heterocycles. The van der Waals surface area contributed by atoms with Crippen molar-refractivity contribution in [1.82, 2.24) is 5.32 Å². The van der Waals surface area contributed by atoms with Crippen LogP contribution in [0.15, 0.2) is 41.2 Å². The molecule has 0 aromatic heterocycles. The van der Waals surface area contributed by atoms with Gasteiger partial charge in [0, 0.05) is 6.54 Å². The molecule has 1 unspecified atom stereocenters. The minimum atomic E-state index is -0.633. The number of nitrogens with one attached hydrogen (secondary N) is 1.